The molecule has 32 heavy (non-hydrogen) atoms. The van der Waals surface area contributed by atoms with Crippen LogP contribution >= 0.6 is 0 Å². The number of pyridine rings is 3. The van der Waals surface area contributed by atoms with Gasteiger partial charge in [-0.05, 0) is 43.2 Å². The molecule has 10 heteroatoms. The predicted octanol–water partition coefficient (Wildman–Crippen LogP) is 3.48. The molecule has 1 saturated heterocycles. The number of nitrogens with zero attached hydrogens (tertiary/aromatic N) is 4. The molecule has 0 saturated carbocycles. The van der Waals surface area contributed by atoms with E-state index in [0.717, 1.165) is 18.1 Å². The van der Waals surface area contributed by atoms with Crippen molar-refractivity contribution < 1.29 is 13.2 Å². The minimum atomic E-state index is -4.58. The Bertz CT molecular complexity index is 1130. The summed E-state index contributed by atoms with van der Waals surface area (Å²) in [7, 11) is 0. The molecule has 0 aromatic carbocycles. The number of nitrogens with two attached hydrogens (primary N) is 2. The zero-order valence-corrected chi connectivity index (χ0v) is 17.1. The Labute approximate surface area is 182 Å². The lowest BCUT2D eigenvalue weighted by atomic mass is 10.0. The molecule has 0 radical (unpaired) electrons. The van der Waals surface area contributed by atoms with E-state index >= 15 is 0 Å². The van der Waals surface area contributed by atoms with E-state index in [1.807, 2.05) is 6.07 Å². The molecule has 7 nitrogen and oxygen atoms in total. The normalized spacial score (nSPS) is 16.8. The molecule has 1 unspecified atom stereocenters. The molecular weight excluding hydrogens is 419 g/mol. The highest BCUT2D eigenvalue weighted by Gasteiger charge is 2.37. The van der Waals surface area contributed by atoms with Gasteiger partial charge in [-0.15, -0.1) is 0 Å². The number of anilines is 2. The van der Waals surface area contributed by atoms with Crippen LogP contribution in [0.2, 0.25) is 0 Å². The molecule has 5 N–H and O–H groups in total. The third kappa shape index (κ3) is 4.40. The number of nitrogen functional groups attached to an aromatic ring is 1. The second kappa shape index (κ2) is 8.54. The molecule has 1 aliphatic heterocycles. The van der Waals surface area contributed by atoms with Crippen molar-refractivity contribution in [3.8, 4) is 11.3 Å². The summed E-state index contributed by atoms with van der Waals surface area (Å²) < 4.78 is 41.0. The maximum atomic E-state index is 13.7. The molecular formula is C22H22F3N7. The van der Waals surface area contributed by atoms with Crippen molar-refractivity contribution >= 4 is 17.2 Å². The zero-order valence-electron chi connectivity index (χ0n) is 17.1. The second-order valence-electron chi connectivity index (χ2n) is 7.69. The standard InChI is InChI=1S/C22H22F3N7/c23-22(24,25)16-5-6-18(31-21(16)32-8-2-4-14(26)12-32)20(28)15-9-19(30-11-17(15)27)13-3-1-7-29-10-13/h1,3,5-7,9-11,14,28H,2,4,8,12,26-27H2. The van der Waals surface area contributed by atoms with Crippen LogP contribution in [0.15, 0.2) is 48.9 Å². The number of rotatable bonds is 4. The molecule has 166 valence electrons. The maximum absolute atomic E-state index is 13.7. The molecule has 1 atom stereocenters. The summed E-state index contributed by atoms with van der Waals surface area (Å²) in [4.78, 5) is 14.1. The van der Waals surface area contributed by atoms with Gasteiger partial charge in [0.2, 0.25) is 0 Å². The van der Waals surface area contributed by atoms with Gasteiger partial charge >= 0.3 is 6.18 Å². The first-order chi connectivity index (χ1) is 15.2. The van der Waals surface area contributed by atoms with Crippen LogP contribution in [0.3, 0.4) is 0 Å². The van der Waals surface area contributed by atoms with Gasteiger partial charge in [-0.2, -0.15) is 13.2 Å². The van der Waals surface area contributed by atoms with E-state index in [-0.39, 0.29) is 35.5 Å². The van der Waals surface area contributed by atoms with E-state index in [4.69, 9.17) is 16.9 Å². The SMILES string of the molecule is N=C(c1ccc(C(F)(F)F)c(N2CCCC(N)C2)n1)c1cc(-c2cccnc2)ncc1N. The number of piperidine rings is 1. The van der Waals surface area contributed by atoms with Crippen LogP contribution in [0.5, 0.6) is 0 Å². The minimum Gasteiger partial charge on any atom is -0.397 e. The molecule has 0 aliphatic carbocycles. The highest BCUT2D eigenvalue weighted by Crippen LogP contribution is 2.37. The van der Waals surface area contributed by atoms with Gasteiger partial charge in [0, 0.05) is 42.7 Å². The van der Waals surface area contributed by atoms with E-state index in [2.05, 4.69) is 15.0 Å². The smallest absolute Gasteiger partial charge is 0.397 e. The summed E-state index contributed by atoms with van der Waals surface area (Å²) in [5.41, 5.74) is 13.0. The molecule has 1 aliphatic rings. The zero-order chi connectivity index (χ0) is 22.9. The number of nitrogens with one attached hydrogen (secondary N) is 1. The molecule has 0 spiro atoms. The van der Waals surface area contributed by atoms with Crippen molar-refractivity contribution in [1.29, 1.82) is 5.41 Å². The summed E-state index contributed by atoms with van der Waals surface area (Å²) >= 11 is 0. The molecule has 3 aromatic heterocycles. The Balaban J connectivity index is 1.75. The summed E-state index contributed by atoms with van der Waals surface area (Å²) in [6.07, 6.45) is 1.52. The fourth-order valence-corrected chi connectivity index (χ4v) is 3.74. The van der Waals surface area contributed by atoms with E-state index < -0.39 is 11.7 Å². The summed E-state index contributed by atoms with van der Waals surface area (Å²) in [6.45, 7) is 0.693. The quantitative estimate of drug-likeness (QED) is 0.534. The van der Waals surface area contributed by atoms with Gasteiger partial charge in [0.1, 0.15) is 5.82 Å². The monoisotopic (exact) mass is 441 g/mol. The molecule has 4 heterocycles. The molecule has 4 rings (SSSR count). The number of alkyl halides is 3. The first-order valence-corrected chi connectivity index (χ1v) is 10.1. The lowest BCUT2D eigenvalue weighted by Gasteiger charge is -2.33. The Morgan fingerprint density at radius 3 is 2.69 bits per heavy atom. The number of hydrogen-bond acceptors (Lipinski definition) is 7. The Morgan fingerprint density at radius 2 is 2.00 bits per heavy atom. The topological polar surface area (TPSA) is 118 Å². The van der Waals surface area contributed by atoms with Crippen molar-refractivity contribution in [2.75, 3.05) is 23.7 Å². The van der Waals surface area contributed by atoms with E-state index in [1.54, 1.807) is 29.4 Å². The van der Waals surface area contributed by atoms with E-state index in [0.29, 0.717) is 24.2 Å². The van der Waals surface area contributed by atoms with E-state index in [1.165, 1.54) is 12.3 Å². The second-order valence-corrected chi connectivity index (χ2v) is 7.69. The fourth-order valence-electron chi connectivity index (χ4n) is 3.74. The van der Waals surface area contributed by atoms with Crippen LogP contribution in [-0.4, -0.2) is 39.8 Å². The third-order valence-corrected chi connectivity index (χ3v) is 5.36. The Kier molecular flexibility index (Phi) is 5.79. The van der Waals surface area contributed by atoms with Gasteiger partial charge in [0.15, 0.2) is 0 Å². The van der Waals surface area contributed by atoms with Gasteiger partial charge in [0.25, 0.3) is 0 Å². The first-order valence-electron chi connectivity index (χ1n) is 10.1. The lowest BCUT2D eigenvalue weighted by molar-refractivity contribution is -0.137. The molecule has 1 fully saturated rings. The van der Waals surface area contributed by atoms with E-state index in [9.17, 15) is 13.2 Å². The van der Waals surface area contributed by atoms with Gasteiger partial charge in [-0.1, -0.05) is 0 Å². The fraction of sp³-hybridized carbons (Fsp3) is 0.273. The average Bonchev–Trinajstić information content (AvgIpc) is 2.78. The summed E-state index contributed by atoms with van der Waals surface area (Å²) in [5.74, 6) is -0.213. The molecule has 3 aromatic rings. The number of halogens is 3. The van der Waals surface area contributed by atoms with Crippen molar-refractivity contribution in [1.82, 2.24) is 15.0 Å². The predicted molar refractivity (Wildman–Crippen MR) is 116 cm³/mol. The van der Waals surface area contributed by atoms with Crippen LogP contribution in [0.4, 0.5) is 24.7 Å². The minimum absolute atomic E-state index is 0.0854. The third-order valence-electron chi connectivity index (χ3n) is 5.36. The molecule has 0 bridgehead atoms. The van der Waals surface area contributed by atoms with Crippen molar-refractivity contribution in [3.63, 3.8) is 0 Å². The Morgan fingerprint density at radius 1 is 1.19 bits per heavy atom. The van der Waals surface area contributed by atoms with Crippen LogP contribution < -0.4 is 16.4 Å². The highest BCUT2D eigenvalue weighted by molar-refractivity contribution is 6.13. The van der Waals surface area contributed by atoms with Crippen LogP contribution in [-0.2, 0) is 6.18 Å². The Hall–Kier alpha value is -3.53. The number of aromatic nitrogens is 3. The summed E-state index contributed by atoms with van der Waals surface area (Å²) in [5, 5.41) is 8.64. The average molecular weight is 441 g/mol. The van der Waals surface area contributed by atoms with Gasteiger partial charge in [-0.25, -0.2) is 4.98 Å². The van der Waals surface area contributed by atoms with Gasteiger partial charge in [0.05, 0.1) is 34.5 Å². The van der Waals surface area contributed by atoms with Crippen LogP contribution in [0, 0.1) is 5.41 Å². The van der Waals surface area contributed by atoms with Crippen LogP contribution in [0.25, 0.3) is 11.3 Å². The summed E-state index contributed by atoms with van der Waals surface area (Å²) in [6, 6.07) is 7.11. The van der Waals surface area contributed by atoms with Crippen LogP contribution in [0.1, 0.15) is 29.7 Å². The highest BCUT2D eigenvalue weighted by atomic mass is 19.4. The molecule has 0 amide bonds. The van der Waals surface area contributed by atoms with Crippen molar-refractivity contribution in [2.24, 2.45) is 5.73 Å². The van der Waals surface area contributed by atoms with Crippen molar-refractivity contribution in [3.05, 3.63) is 65.7 Å². The first kappa shape index (κ1) is 21.7. The largest absolute Gasteiger partial charge is 0.419 e. The number of hydrogen-bond donors (Lipinski definition) is 3. The maximum Gasteiger partial charge on any atom is 0.419 e. The lowest BCUT2D eigenvalue weighted by Crippen LogP contribution is -2.44. The van der Waals surface area contributed by atoms with Gasteiger partial charge < -0.3 is 16.4 Å². The van der Waals surface area contributed by atoms with Crippen molar-refractivity contribution in [2.45, 2.75) is 25.1 Å². The van der Waals surface area contributed by atoms with Gasteiger partial charge in [-0.3, -0.25) is 15.4 Å².